The van der Waals surface area contributed by atoms with E-state index in [1.807, 2.05) is 18.4 Å². The first-order valence-corrected chi connectivity index (χ1v) is 7.14. The summed E-state index contributed by atoms with van der Waals surface area (Å²) >= 11 is 1.49. The molecule has 1 aromatic heterocycles. The number of carbonyl (C=O) groups is 2. The van der Waals surface area contributed by atoms with Crippen molar-refractivity contribution in [1.82, 2.24) is 4.98 Å². The van der Waals surface area contributed by atoms with Crippen LogP contribution in [0.5, 0.6) is 0 Å². The molecular formula is C15H15NO3S. The van der Waals surface area contributed by atoms with Gasteiger partial charge < -0.3 is 5.11 Å². The van der Waals surface area contributed by atoms with Crippen LogP contribution in [-0.4, -0.2) is 21.8 Å². The van der Waals surface area contributed by atoms with Gasteiger partial charge in [-0.25, -0.2) is 4.98 Å². The summed E-state index contributed by atoms with van der Waals surface area (Å²) in [6.45, 7) is 1.88. The molecule has 1 aromatic carbocycles. The molecule has 0 radical (unpaired) electrons. The van der Waals surface area contributed by atoms with Crippen LogP contribution in [0, 0.1) is 6.92 Å². The van der Waals surface area contributed by atoms with Gasteiger partial charge in [-0.2, -0.15) is 0 Å². The summed E-state index contributed by atoms with van der Waals surface area (Å²) < 4.78 is 0. The van der Waals surface area contributed by atoms with Crippen LogP contribution in [0.4, 0.5) is 0 Å². The standard InChI is InChI=1S/C15H15NO3S/c1-10-16-12(9-20-10)7-13(17)8-14(15(18)19)11-5-3-2-4-6-11/h2-6,9,14H,7-8H2,1H3,(H,18,19). The van der Waals surface area contributed by atoms with E-state index in [0.29, 0.717) is 5.56 Å². The fourth-order valence-electron chi connectivity index (χ4n) is 2.02. The minimum atomic E-state index is -0.973. The molecule has 1 atom stereocenters. The van der Waals surface area contributed by atoms with Gasteiger partial charge in [0, 0.05) is 18.2 Å². The van der Waals surface area contributed by atoms with Crippen LogP contribution in [0.3, 0.4) is 0 Å². The predicted molar refractivity (Wildman–Crippen MR) is 77.0 cm³/mol. The molecule has 1 N–H and O–H groups in total. The SMILES string of the molecule is Cc1nc(CC(=O)CC(C(=O)O)c2ccccc2)cs1. The van der Waals surface area contributed by atoms with Crippen molar-refractivity contribution in [3.63, 3.8) is 0 Å². The molecule has 104 valence electrons. The van der Waals surface area contributed by atoms with Crippen LogP contribution >= 0.6 is 11.3 Å². The molecule has 1 heterocycles. The second-order valence-corrected chi connectivity index (χ2v) is 5.64. The van der Waals surface area contributed by atoms with E-state index in [1.54, 1.807) is 24.3 Å². The smallest absolute Gasteiger partial charge is 0.311 e. The second kappa shape index (κ2) is 6.43. The number of carboxylic acids is 1. The number of rotatable bonds is 6. The third-order valence-corrected chi connectivity index (χ3v) is 3.80. The zero-order valence-electron chi connectivity index (χ0n) is 11.1. The van der Waals surface area contributed by atoms with Crippen molar-refractivity contribution in [2.24, 2.45) is 0 Å². The molecule has 20 heavy (non-hydrogen) atoms. The molecular weight excluding hydrogens is 274 g/mol. The van der Waals surface area contributed by atoms with E-state index in [-0.39, 0.29) is 18.6 Å². The summed E-state index contributed by atoms with van der Waals surface area (Å²) in [7, 11) is 0. The minimum absolute atomic E-state index is 0.00405. The molecule has 2 rings (SSSR count). The minimum Gasteiger partial charge on any atom is -0.481 e. The number of aliphatic carboxylic acids is 1. The summed E-state index contributed by atoms with van der Waals surface area (Å²) in [5.74, 6) is -1.87. The van der Waals surface area contributed by atoms with Gasteiger partial charge in [-0.05, 0) is 12.5 Å². The highest BCUT2D eigenvalue weighted by molar-refractivity contribution is 7.09. The molecule has 0 fully saturated rings. The Kier molecular flexibility index (Phi) is 4.63. The number of ketones is 1. The van der Waals surface area contributed by atoms with Gasteiger partial charge in [0.05, 0.1) is 16.6 Å². The molecule has 0 saturated heterocycles. The van der Waals surface area contributed by atoms with Crippen molar-refractivity contribution < 1.29 is 14.7 Å². The van der Waals surface area contributed by atoms with Gasteiger partial charge >= 0.3 is 5.97 Å². The zero-order valence-corrected chi connectivity index (χ0v) is 11.9. The first kappa shape index (κ1) is 14.4. The number of Topliss-reactive ketones (excluding diaryl/α,β-unsaturated/α-hetero) is 1. The van der Waals surface area contributed by atoms with Gasteiger partial charge in [0.2, 0.25) is 0 Å². The Morgan fingerprint density at radius 3 is 2.55 bits per heavy atom. The molecule has 5 heteroatoms. The van der Waals surface area contributed by atoms with Gasteiger partial charge in [-0.1, -0.05) is 30.3 Å². The lowest BCUT2D eigenvalue weighted by atomic mass is 9.93. The van der Waals surface area contributed by atoms with Gasteiger partial charge in [0.25, 0.3) is 0 Å². The third kappa shape index (κ3) is 3.74. The molecule has 0 aliphatic heterocycles. The monoisotopic (exact) mass is 289 g/mol. The van der Waals surface area contributed by atoms with E-state index in [9.17, 15) is 14.7 Å². The number of hydrogen-bond acceptors (Lipinski definition) is 4. The maximum Gasteiger partial charge on any atom is 0.311 e. The van der Waals surface area contributed by atoms with Crippen LogP contribution < -0.4 is 0 Å². The highest BCUT2D eigenvalue weighted by atomic mass is 32.1. The highest BCUT2D eigenvalue weighted by Gasteiger charge is 2.23. The number of carboxylic acid groups (broad SMARTS) is 1. The van der Waals surface area contributed by atoms with E-state index in [2.05, 4.69) is 4.98 Å². The van der Waals surface area contributed by atoms with E-state index in [1.165, 1.54) is 11.3 Å². The number of hydrogen-bond donors (Lipinski definition) is 1. The summed E-state index contributed by atoms with van der Waals surface area (Å²) in [4.78, 5) is 27.6. The lowest BCUT2D eigenvalue weighted by molar-refractivity contribution is -0.140. The van der Waals surface area contributed by atoms with E-state index < -0.39 is 11.9 Å². The van der Waals surface area contributed by atoms with Crippen LogP contribution in [0.25, 0.3) is 0 Å². The average Bonchev–Trinajstić information content (AvgIpc) is 2.82. The largest absolute Gasteiger partial charge is 0.481 e. The van der Waals surface area contributed by atoms with E-state index in [0.717, 1.165) is 10.7 Å². The number of benzene rings is 1. The fourth-order valence-corrected chi connectivity index (χ4v) is 2.64. The summed E-state index contributed by atoms with van der Waals surface area (Å²) in [5, 5.41) is 12.0. The van der Waals surface area contributed by atoms with Crippen molar-refractivity contribution >= 4 is 23.1 Å². The molecule has 0 aliphatic carbocycles. The maximum absolute atomic E-state index is 12.0. The molecule has 0 amide bonds. The Morgan fingerprint density at radius 1 is 1.30 bits per heavy atom. The number of thiazole rings is 1. The lowest BCUT2D eigenvalue weighted by Crippen LogP contribution is -2.17. The Hall–Kier alpha value is -2.01. The van der Waals surface area contributed by atoms with Crippen molar-refractivity contribution in [2.75, 3.05) is 0 Å². The first-order valence-electron chi connectivity index (χ1n) is 6.26. The molecule has 0 saturated carbocycles. The fraction of sp³-hybridized carbons (Fsp3) is 0.267. The number of nitrogens with zero attached hydrogens (tertiary/aromatic N) is 1. The van der Waals surface area contributed by atoms with Gasteiger partial charge in [0.1, 0.15) is 5.78 Å². The predicted octanol–water partition coefficient (Wildman–Crippen LogP) is 2.82. The number of aromatic nitrogens is 1. The van der Waals surface area contributed by atoms with Gasteiger partial charge in [-0.15, -0.1) is 11.3 Å². The quantitative estimate of drug-likeness (QED) is 0.888. The van der Waals surface area contributed by atoms with Crippen LogP contribution in [0.15, 0.2) is 35.7 Å². The molecule has 0 aliphatic rings. The van der Waals surface area contributed by atoms with Crippen LogP contribution in [-0.2, 0) is 16.0 Å². The number of carbonyl (C=O) groups excluding carboxylic acids is 1. The third-order valence-electron chi connectivity index (χ3n) is 2.98. The second-order valence-electron chi connectivity index (χ2n) is 4.58. The van der Waals surface area contributed by atoms with Gasteiger partial charge in [-0.3, -0.25) is 9.59 Å². The molecule has 0 bridgehead atoms. The van der Waals surface area contributed by atoms with Crippen LogP contribution in [0.1, 0.15) is 28.6 Å². The highest BCUT2D eigenvalue weighted by Crippen LogP contribution is 2.21. The molecule has 0 spiro atoms. The summed E-state index contributed by atoms with van der Waals surface area (Å²) in [6.07, 6.45) is 0.191. The topological polar surface area (TPSA) is 67.3 Å². The molecule has 4 nitrogen and oxygen atoms in total. The first-order chi connectivity index (χ1) is 9.56. The van der Waals surface area contributed by atoms with E-state index >= 15 is 0 Å². The Morgan fingerprint density at radius 2 is 2.00 bits per heavy atom. The Labute approximate surface area is 121 Å². The van der Waals surface area contributed by atoms with Crippen molar-refractivity contribution in [3.8, 4) is 0 Å². The Balaban J connectivity index is 2.05. The molecule has 1 unspecified atom stereocenters. The van der Waals surface area contributed by atoms with Crippen molar-refractivity contribution in [1.29, 1.82) is 0 Å². The zero-order chi connectivity index (χ0) is 14.5. The lowest BCUT2D eigenvalue weighted by Gasteiger charge is -2.11. The maximum atomic E-state index is 12.0. The number of aryl methyl sites for hydroxylation is 1. The van der Waals surface area contributed by atoms with Gasteiger partial charge in [0.15, 0.2) is 0 Å². The van der Waals surface area contributed by atoms with Crippen molar-refractivity contribution in [2.45, 2.75) is 25.7 Å². The Bertz CT molecular complexity index is 607. The van der Waals surface area contributed by atoms with Crippen molar-refractivity contribution in [3.05, 3.63) is 52.0 Å². The molecule has 2 aromatic rings. The summed E-state index contributed by atoms with van der Waals surface area (Å²) in [5.41, 5.74) is 1.37. The normalized spacial score (nSPS) is 12.1. The summed E-state index contributed by atoms with van der Waals surface area (Å²) in [6, 6.07) is 8.85. The average molecular weight is 289 g/mol. The van der Waals surface area contributed by atoms with E-state index in [4.69, 9.17) is 0 Å². The van der Waals surface area contributed by atoms with Crippen LogP contribution in [0.2, 0.25) is 0 Å².